The smallest absolute Gasteiger partial charge is 0.245 e. The number of hydrogen-bond donors (Lipinski definition) is 0. The van der Waals surface area contributed by atoms with Gasteiger partial charge in [0, 0.05) is 18.5 Å². The molecule has 0 amide bonds. The van der Waals surface area contributed by atoms with Crippen molar-refractivity contribution in [1.82, 2.24) is 15.2 Å². The third-order valence-corrected chi connectivity index (χ3v) is 4.23. The fraction of sp³-hybridized carbons (Fsp3) is 0.769. The number of halogens is 1. The zero-order chi connectivity index (χ0) is 13.1. The van der Waals surface area contributed by atoms with E-state index in [4.69, 9.17) is 11.6 Å². The number of nitrogens with zero attached hydrogens (tertiary/aromatic N) is 4. The SMILES string of the molecule is CCc1nnc(N2CCC(Cl)C(C)C2)nc1CC. The average molecular weight is 269 g/mol. The lowest BCUT2D eigenvalue weighted by molar-refractivity contribution is 0.447. The van der Waals surface area contributed by atoms with Gasteiger partial charge in [0.25, 0.3) is 0 Å². The largest absolute Gasteiger partial charge is 0.339 e. The molecule has 1 fully saturated rings. The zero-order valence-corrected chi connectivity index (χ0v) is 12.1. The van der Waals surface area contributed by atoms with Crippen molar-refractivity contribution in [2.24, 2.45) is 5.92 Å². The molecule has 18 heavy (non-hydrogen) atoms. The molecule has 2 unspecified atom stereocenters. The first-order chi connectivity index (χ1) is 8.65. The Morgan fingerprint density at radius 1 is 1.22 bits per heavy atom. The molecule has 0 aliphatic carbocycles. The number of rotatable bonds is 3. The fourth-order valence-electron chi connectivity index (χ4n) is 2.36. The Hall–Kier alpha value is -0.900. The predicted molar refractivity (Wildman–Crippen MR) is 74.2 cm³/mol. The van der Waals surface area contributed by atoms with Crippen LogP contribution in [-0.2, 0) is 12.8 Å². The number of alkyl halides is 1. The summed E-state index contributed by atoms with van der Waals surface area (Å²) in [6.07, 6.45) is 2.79. The van der Waals surface area contributed by atoms with E-state index in [1.54, 1.807) is 0 Å². The number of anilines is 1. The fourth-order valence-corrected chi connectivity index (χ4v) is 2.54. The number of aromatic nitrogens is 3. The second kappa shape index (κ2) is 5.83. The molecule has 2 rings (SSSR count). The molecule has 0 bridgehead atoms. The van der Waals surface area contributed by atoms with E-state index in [0.29, 0.717) is 5.92 Å². The summed E-state index contributed by atoms with van der Waals surface area (Å²) in [5, 5.41) is 8.84. The van der Waals surface area contributed by atoms with Crippen LogP contribution in [-0.4, -0.2) is 33.6 Å². The summed E-state index contributed by atoms with van der Waals surface area (Å²) in [4.78, 5) is 6.86. The first kappa shape index (κ1) is 13.5. The highest BCUT2D eigenvalue weighted by molar-refractivity contribution is 6.20. The Morgan fingerprint density at radius 3 is 2.56 bits per heavy atom. The van der Waals surface area contributed by atoms with Crippen molar-refractivity contribution in [2.45, 2.75) is 45.4 Å². The Morgan fingerprint density at radius 2 is 1.94 bits per heavy atom. The molecule has 0 aromatic carbocycles. The van der Waals surface area contributed by atoms with Gasteiger partial charge in [0.1, 0.15) is 0 Å². The highest BCUT2D eigenvalue weighted by Crippen LogP contribution is 2.24. The predicted octanol–water partition coefficient (Wildman–Crippen LogP) is 2.45. The molecule has 1 saturated heterocycles. The molecule has 1 aliphatic heterocycles. The van der Waals surface area contributed by atoms with Crippen LogP contribution in [0, 0.1) is 5.92 Å². The van der Waals surface area contributed by atoms with Crippen molar-refractivity contribution >= 4 is 17.5 Å². The molecule has 0 spiro atoms. The highest BCUT2D eigenvalue weighted by atomic mass is 35.5. The third kappa shape index (κ3) is 2.74. The molecule has 1 aromatic heterocycles. The van der Waals surface area contributed by atoms with Crippen LogP contribution in [0.4, 0.5) is 5.95 Å². The van der Waals surface area contributed by atoms with Crippen LogP contribution in [0.3, 0.4) is 0 Å². The summed E-state index contributed by atoms with van der Waals surface area (Å²) in [6, 6.07) is 0. The first-order valence-electron chi connectivity index (χ1n) is 6.77. The van der Waals surface area contributed by atoms with Crippen LogP contribution in [0.2, 0.25) is 0 Å². The van der Waals surface area contributed by atoms with Crippen molar-refractivity contribution < 1.29 is 0 Å². The van der Waals surface area contributed by atoms with Crippen LogP contribution in [0.25, 0.3) is 0 Å². The van der Waals surface area contributed by atoms with E-state index in [1.165, 1.54) is 0 Å². The molecule has 1 aromatic rings. The van der Waals surface area contributed by atoms with Crippen molar-refractivity contribution in [2.75, 3.05) is 18.0 Å². The van der Waals surface area contributed by atoms with Crippen molar-refractivity contribution in [3.05, 3.63) is 11.4 Å². The molecule has 1 aliphatic rings. The molecular formula is C13H21ClN4. The van der Waals surface area contributed by atoms with Crippen molar-refractivity contribution in [3.8, 4) is 0 Å². The Balaban J connectivity index is 2.18. The van der Waals surface area contributed by atoms with Gasteiger partial charge >= 0.3 is 0 Å². The zero-order valence-electron chi connectivity index (χ0n) is 11.4. The van der Waals surface area contributed by atoms with Crippen LogP contribution in [0.1, 0.15) is 38.6 Å². The van der Waals surface area contributed by atoms with Crippen LogP contribution in [0.5, 0.6) is 0 Å². The minimum atomic E-state index is 0.273. The molecule has 4 nitrogen and oxygen atoms in total. The molecule has 0 saturated carbocycles. The van der Waals surface area contributed by atoms with E-state index in [2.05, 4.69) is 40.9 Å². The number of aryl methyl sites for hydroxylation is 2. The van der Waals surface area contributed by atoms with Gasteiger partial charge in [-0.15, -0.1) is 16.7 Å². The molecule has 2 atom stereocenters. The van der Waals surface area contributed by atoms with Crippen LogP contribution < -0.4 is 4.90 Å². The number of piperidine rings is 1. The summed E-state index contributed by atoms with van der Waals surface area (Å²) in [5.41, 5.74) is 2.09. The summed E-state index contributed by atoms with van der Waals surface area (Å²) in [7, 11) is 0. The van der Waals surface area contributed by atoms with Gasteiger partial charge in [-0.3, -0.25) is 0 Å². The maximum Gasteiger partial charge on any atom is 0.245 e. The molecule has 5 heteroatoms. The van der Waals surface area contributed by atoms with E-state index in [0.717, 1.165) is 49.7 Å². The molecule has 0 N–H and O–H groups in total. The normalized spacial score (nSPS) is 24.3. The Bertz CT molecular complexity index is 410. The van der Waals surface area contributed by atoms with E-state index >= 15 is 0 Å². The maximum absolute atomic E-state index is 6.24. The lowest BCUT2D eigenvalue weighted by Gasteiger charge is -2.33. The van der Waals surface area contributed by atoms with Crippen LogP contribution in [0.15, 0.2) is 0 Å². The second-order valence-corrected chi connectivity index (χ2v) is 5.50. The molecular weight excluding hydrogens is 248 g/mol. The summed E-state index contributed by atoms with van der Waals surface area (Å²) in [5.74, 6) is 1.24. The lowest BCUT2D eigenvalue weighted by atomic mass is 10.00. The quantitative estimate of drug-likeness (QED) is 0.790. The van der Waals surface area contributed by atoms with Crippen molar-refractivity contribution in [3.63, 3.8) is 0 Å². The number of hydrogen-bond acceptors (Lipinski definition) is 4. The van der Waals surface area contributed by atoms with Gasteiger partial charge in [-0.25, -0.2) is 4.98 Å². The van der Waals surface area contributed by atoms with Gasteiger partial charge in [0.15, 0.2) is 0 Å². The summed E-state index contributed by atoms with van der Waals surface area (Å²) in [6.45, 7) is 8.23. The van der Waals surface area contributed by atoms with E-state index in [-0.39, 0.29) is 5.38 Å². The third-order valence-electron chi connectivity index (χ3n) is 3.58. The summed E-state index contributed by atoms with van der Waals surface area (Å²) >= 11 is 6.24. The van der Waals surface area contributed by atoms with Gasteiger partial charge in [-0.1, -0.05) is 20.8 Å². The standard InChI is InChI=1S/C13H21ClN4/c1-4-11-12(5-2)16-17-13(15-11)18-7-6-10(14)9(3)8-18/h9-10H,4-8H2,1-3H3. The Kier molecular flexibility index (Phi) is 4.38. The molecule has 0 radical (unpaired) electrons. The van der Waals surface area contributed by atoms with E-state index in [9.17, 15) is 0 Å². The topological polar surface area (TPSA) is 41.9 Å². The maximum atomic E-state index is 6.24. The second-order valence-electron chi connectivity index (χ2n) is 4.94. The molecule has 2 heterocycles. The minimum Gasteiger partial charge on any atom is -0.339 e. The average Bonchev–Trinajstić information content (AvgIpc) is 2.41. The van der Waals surface area contributed by atoms with Gasteiger partial charge in [0.05, 0.1) is 11.4 Å². The monoisotopic (exact) mass is 268 g/mol. The first-order valence-corrected chi connectivity index (χ1v) is 7.20. The van der Waals surface area contributed by atoms with Gasteiger partial charge in [-0.05, 0) is 25.2 Å². The Labute approximate surface area is 114 Å². The minimum absolute atomic E-state index is 0.273. The van der Waals surface area contributed by atoms with E-state index in [1.807, 2.05) is 0 Å². The molecule has 100 valence electrons. The summed E-state index contributed by atoms with van der Waals surface area (Å²) < 4.78 is 0. The van der Waals surface area contributed by atoms with Gasteiger partial charge < -0.3 is 4.90 Å². The van der Waals surface area contributed by atoms with Gasteiger partial charge in [0.2, 0.25) is 5.95 Å². The van der Waals surface area contributed by atoms with Crippen molar-refractivity contribution in [1.29, 1.82) is 0 Å². The van der Waals surface area contributed by atoms with E-state index < -0.39 is 0 Å². The lowest BCUT2D eigenvalue weighted by Crippen LogP contribution is -2.41. The van der Waals surface area contributed by atoms with Crippen LogP contribution >= 0.6 is 11.6 Å². The van der Waals surface area contributed by atoms with Gasteiger partial charge in [-0.2, -0.15) is 5.10 Å². The highest BCUT2D eigenvalue weighted by Gasteiger charge is 2.26.